The number of rotatable bonds is 26. The number of ketones is 1. The van der Waals surface area contributed by atoms with E-state index >= 15 is 0 Å². The van der Waals surface area contributed by atoms with Crippen LogP contribution >= 0.6 is 0 Å². The lowest BCUT2D eigenvalue weighted by molar-refractivity contribution is -0.154. The van der Waals surface area contributed by atoms with Gasteiger partial charge in [0.25, 0.3) is 17.6 Å². The van der Waals surface area contributed by atoms with Crippen molar-refractivity contribution in [3.05, 3.63) is 101 Å². The van der Waals surface area contributed by atoms with Gasteiger partial charge in [0.1, 0.15) is 25.3 Å². The molecule has 0 saturated carbocycles. The number of methoxy groups -OCH3 is 2. The van der Waals surface area contributed by atoms with Crippen molar-refractivity contribution in [2.45, 2.75) is 181 Å². The summed E-state index contributed by atoms with van der Waals surface area (Å²) in [5.74, 6) is -2.49. The summed E-state index contributed by atoms with van der Waals surface area (Å²) in [6, 6.07) is 10.1. The number of nitrogens with zero attached hydrogens (tertiary/aromatic N) is 4. The van der Waals surface area contributed by atoms with Gasteiger partial charge in [-0.1, -0.05) is 85.8 Å². The Hall–Kier alpha value is -7.72. The Balaban J connectivity index is 1.04. The van der Waals surface area contributed by atoms with Gasteiger partial charge in [-0.2, -0.15) is 0 Å². The van der Waals surface area contributed by atoms with Crippen LogP contribution in [0.25, 0.3) is 0 Å². The fraction of sp³-hybridized carbons (Fsp3) is 0.530. The molecule has 496 valence electrons. The van der Waals surface area contributed by atoms with Crippen LogP contribution in [0, 0.1) is 5.92 Å². The highest BCUT2D eigenvalue weighted by Crippen LogP contribution is 2.47. The number of carbonyl (C=O) groups excluding carboxylic acids is 6. The first-order valence-corrected chi connectivity index (χ1v) is 36.7. The van der Waals surface area contributed by atoms with Crippen LogP contribution in [-0.2, 0) is 39.3 Å². The van der Waals surface area contributed by atoms with Crippen molar-refractivity contribution in [3.63, 3.8) is 0 Å². The van der Waals surface area contributed by atoms with E-state index in [9.17, 15) is 38.7 Å². The first-order valence-electron chi connectivity index (χ1n) is 30.9. The Morgan fingerprint density at radius 2 is 1.29 bits per heavy atom. The number of carboxylic acid groups (broad SMARTS) is 1. The average Bonchev–Trinajstić information content (AvgIpc) is 1.63. The lowest BCUT2D eigenvalue weighted by Gasteiger charge is -2.44. The molecule has 0 bridgehead atoms. The topological polar surface area (TPSA) is 263 Å². The molecule has 7 rings (SSSR count). The molecule has 5 unspecified atom stereocenters. The second-order valence-corrected chi connectivity index (χ2v) is 36.5. The van der Waals surface area contributed by atoms with E-state index in [4.69, 9.17) is 37.3 Å². The van der Waals surface area contributed by atoms with Gasteiger partial charge in [-0.15, -0.1) is 0 Å². The van der Waals surface area contributed by atoms with Crippen LogP contribution in [0.5, 0.6) is 23.0 Å². The van der Waals surface area contributed by atoms with Crippen molar-refractivity contribution in [2.24, 2.45) is 5.92 Å². The van der Waals surface area contributed by atoms with Crippen LogP contribution in [0.4, 0.5) is 26.7 Å². The lowest BCUT2D eigenvalue weighted by atomic mass is 9.99. The molecule has 25 heteroatoms. The van der Waals surface area contributed by atoms with E-state index in [2.05, 4.69) is 90.5 Å². The van der Waals surface area contributed by atoms with E-state index in [1.54, 1.807) is 85.4 Å². The van der Waals surface area contributed by atoms with Crippen molar-refractivity contribution >= 4 is 75.4 Å². The van der Waals surface area contributed by atoms with Crippen LogP contribution in [0.15, 0.2) is 84.7 Å². The number of nitrogens with one attached hydrogen (secondary N) is 3. The minimum atomic E-state index is -2.60. The second kappa shape index (κ2) is 28.8. The predicted octanol–water partition coefficient (Wildman–Crippen LogP) is 11.3. The molecule has 91 heavy (non-hydrogen) atoms. The largest absolute Gasteiger partial charge is 0.493 e. The summed E-state index contributed by atoms with van der Waals surface area (Å²) in [5, 5.41) is 13.1. The summed E-state index contributed by atoms with van der Waals surface area (Å²) in [6.07, 6.45) is 3.59. The zero-order valence-electron chi connectivity index (χ0n) is 55.8. The zero-order chi connectivity index (χ0) is 67.2. The first kappa shape index (κ1) is 70.7. The molecule has 4 aliphatic rings. The number of fused-ring (bicyclic) bond motifs is 4. The first-order chi connectivity index (χ1) is 42.6. The van der Waals surface area contributed by atoms with E-state index in [1.807, 2.05) is 13.8 Å². The molecule has 0 saturated heterocycles. The number of ether oxygens (including phenoxy) is 6. The number of esters is 1. The number of amides is 5. The maximum Gasteiger partial charge on any atom is 0.414 e. The summed E-state index contributed by atoms with van der Waals surface area (Å²) >= 11 is 0. The quantitative estimate of drug-likeness (QED) is 0.0145. The number of hydrazine groups is 1. The molecule has 4 aliphatic heterocycles. The number of hydrogen-bond acceptors (Lipinski definition) is 17. The fourth-order valence-corrected chi connectivity index (χ4v) is 13.0. The fourth-order valence-electron chi connectivity index (χ4n) is 10.5. The van der Waals surface area contributed by atoms with Gasteiger partial charge in [0, 0.05) is 30.2 Å². The Kier molecular flexibility index (Phi) is 22.4. The van der Waals surface area contributed by atoms with Crippen molar-refractivity contribution < 1.29 is 75.9 Å². The number of benzene rings is 3. The highest BCUT2D eigenvalue weighted by molar-refractivity contribution is 6.74. The molecule has 5 amide bonds. The summed E-state index contributed by atoms with van der Waals surface area (Å²) < 4.78 is 49.2. The lowest BCUT2D eigenvalue weighted by Crippen LogP contribution is -2.57. The zero-order valence-corrected chi connectivity index (χ0v) is 57.8. The molecule has 4 heterocycles. The van der Waals surface area contributed by atoms with E-state index in [1.165, 1.54) is 36.2 Å². The van der Waals surface area contributed by atoms with Crippen molar-refractivity contribution in [3.8, 4) is 23.0 Å². The molecular weight excluding hydrogens is 1200 g/mol. The molecule has 4 N–H and O–H groups in total. The van der Waals surface area contributed by atoms with Crippen LogP contribution in [0.1, 0.15) is 128 Å². The number of anilines is 3. The second-order valence-electron chi connectivity index (χ2n) is 27.0. The van der Waals surface area contributed by atoms with Crippen molar-refractivity contribution in [1.29, 1.82) is 0 Å². The molecule has 0 aliphatic carbocycles. The minimum Gasteiger partial charge on any atom is -0.493 e. The average molecular weight is 1300 g/mol. The Morgan fingerprint density at radius 1 is 0.736 bits per heavy atom. The third-order valence-corrected chi connectivity index (χ3v) is 26.7. The normalized spacial score (nSPS) is 18.9. The molecule has 0 aromatic heterocycles. The highest BCUT2D eigenvalue weighted by Gasteiger charge is 2.52. The summed E-state index contributed by atoms with van der Waals surface area (Å²) in [7, 11) is -2.09. The monoisotopic (exact) mass is 1300 g/mol. The van der Waals surface area contributed by atoms with Gasteiger partial charge in [-0.3, -0.25) is 24.1 Å². The SMILES string of the molecule is C=CCOC(=O)C(=O)C(NC(=O)C(C)NNc1ccc(COC(=O)N2CC3C(O[Si](C)(C)C(C)(C)C)C(C)=CN3C(=O)c3cc(OC)c(OCCCCCOc4cc5c(cc4OC)C(=O)N4C=C(C)CC4[C@H](O[Si](C)(C)C(C)(C)C)N5C(=O)O)cc32)cc1)C(C)C. The molecule has 3 aromatic rings. The van der Waals surface area contributed by atoms with Gasteiger partial charge in [0.05, 0.1) is 74.7 Å². The highest BCUT2D eigenvalue weighted by atomic mass is 28.4. The number of hydrogen-bond donors (Lipinski definition) is 4. The predicted molar refractivity (Wildman–Crippen MR) is 351 cm³/mol. The number of Topliss-reactive ketones (excluding diaryl/α,β-unsaturated/α-hetero) is 1. The maximum atomic E-state index is 14.8. The smallest absolute Gasteiger partial charge is 0.414 e. The molecule has 0 radical (unpaired) electrons. The Morgan fingerprint density at radius 3 is 1.82 bits per heavy atom. The van der Waals surface area contributed by atoms with Gasteiger partial charge < -0.3 is 62.9 Å². The third-order valence-electron chi connectivity index (χ3n) is 17.8. The Bertz CT molecular complexity index is 3300. The van der Waals surface area contributed by atoms with Crippen LogP contribution in [-0.4, -0.2) is 150 Å². The molecule has 23 nitrogen and oxygen atoms in total. The van der Waals surface area contributed by atoms with E-state index in [0.29, 0.717) is 42.7 Å². The van der Waals surface area contributed by atoms with Crippen molar-refractivity contribution in [1.82, 2.24) is 20.5 Å². The van der Waals surface area contributed by atoms with E-state index in [0.717, 1.165) is 11.1 Å². The number of unbranched alkanes of at least 4 members (excludes halogenated alkanes) is 2. The van der Waals surface area contributed by atoms with Gasteiger partial charge >= 0.3 is 18.2 Å². The maximum absolute atomic E-state index is 14.8. The van der Waals surface area contributed by atoms with E-state index in [-0.39, 0.29) is 94.6 Å². The molecule has 0 spiro atoms. The van der Waals surface area contributed by atoms with Crippen molar-refractivity contribution in [2.75, 3.05) is 55.8 Å². The summed E-state index contributed by atoms with van der Waals surface area (Å²) in [5.41, 5.74) is 9.61. The van der Waals surface area contributed by atoms with E-state index < -0.39 is 88.9 Å². The summed E-state index contributed by atoms with van der Waals surface area (Å²) in [6.45, 7) is 33.6. The molecular formula is C66H93N7O16Si2. The molecule has 6 atom stereocenters. The van der Waals surface area contributed by atoms with Gasteiger partial charge in [0.15, 0.2) is 45.9 Å². The third kappa shape index (κ3) is 16.0. The standard InChI is InChI=1S/C66H93N7O16Si2/c1-19-27-86-62(78)56(74)55(39(2)3)67-58(75)42(6)68-69-44-25-23-43(24-26-44)38-87-64(81)72-37-50-57(88-90(15,16)65(7,8)9)41(5)36-71(50)59(76)45-31-51(82-13)53(33-47(45)72)84-28-21-20-22-29-85-54-34-48-46(32-52(54)83-14)60(77)70-35-40(4)30-49(70)61(73(48)63(79)80)89-91(17,18)66(10,11)12/h19,23-26,31-36,39,42,49-50,55,57,61,68-69H,1,20-22,27-30,37-38H2,2-18H3,(H,67,75)(H,79,80)/t42?,49?,50?,55?,57?,61-/m0/s1. The Labute approximate surface area is 536 Å². The van der Waals surface area contributed by atoms with Gasteiger partial charge in [-0.05, 0) is 124 Å². The van der Waals surface area contributed by atoms with Crippen LogP contribution in [0.2, 0.25) is 36.3 Å². The molecule has 3 aromatic carbocycles. The number of carbonyl (C=O) groups is 7. The van der Waals surface area contributed by atoms with Gasteiger partial charge in [0.2, 0.25) is 5.91 Å². The van der Waals surface area contributed by atoms with Crippen LogP contribution in [0.3, 0.4) is 0 Å². The minimum absolute atomic E-state index is 0.0170. The van der Waals surface area contributed by atoms with Gasteiger partial charge in [-0.25, -0.2) is 24.7 Å². The van der Waals surface area contributed by atoms with Crippen LogP contribution < -0.4 is 44.9 Å². The molecule has 0 fully saturated rings. The summed E-state index contributed by atoms with van der Waals surface area (Å²) in [4.78, 5) is 101.